The van der Waals surface area contributed by atoms with E-state index in [-0.39, 0.29) is 5.54 Å². The summed E-state index contributed by atoms with van der Waals surface area (Å²) in [5, 5.41) is 1.15. The number of rotatable bonds is 1. The molecule has 3 rings (SSSR count). The number of hydrogen-bond acceptors (Lipinski definition) is 3. The number of pyridine rings is 1. The van der Waals surface area contributed by atoms with E-state index in [1.807, 2.05) is 13.0 Å². The molecule has 3 nitrogen and oxygen atoms in total. The molecule has 1 aliphatic heterocycles. The Morgan fingerprint density at radius 1 is 1.28 bits per heavy atom. The van der Waals surface area contributed by atoms with E-state index in [9.17, 15) is 0 Å². The van der Waals surface area contributed by atoms with Crippen molar-refractivity contribution in [2.45, 2.75) is 25.3 Å². The van der Waals surface area contributed by atoms with Gasteiger partial charge in [0.25, 0.3) is 0 Å². The van der Waals surface area contributed by atoms with Crippen LogP contribution in [0.5, 0.6) is 0 Å². The largest absolute Gasteiger partial charge is 0.379 e. The van der Waals surface area contributed by atoms with Gasteiger partial charge in [0.1, 0.15) is 0 Å². The molecule has 1 unspecified atom stereocenters. The van der Waals surface area contributed by atoms with Gasteiger partial charge in [0.15, 0.2) is 0 Å². The maximum absolute atomic E-state index is 6.46. The lowest BCUT2D eigenvalue weighted by Crippen LogP contribution is -2.44. The molecule has 3 heteroatoms. The number of hydrogen-bond donors (Lipinski definition) is 1. The summed E-state index contributed by atoms with van der Waals surface area (Å²) in [5.41, 5.74) is 9.34. The third-order valence-electron chi connectivity index (χ3n) is 3.67. The molecule has 18 heavy (non-hydrogen) atoms. The molecule has 1 aliphatic rings. The van der Waals surface area contributed by atoms with Gasteiger partial charge in [0.2, 0.25) is 0 Å². The van der Waals surface area contributed by atoms with E-state index in [0.717, 1.165) is 41.6 Å². The summed E-state index contributed by atoms with van der Waals surface area (Å²) in [7, 11) is 0. The van der Waals surface area contributed by atoms with Gasteiger partial charge < -0.3 is 10.5 Å². The highest BCUT2D eigenvalue weighted by Crippen LogP contribution is 2.29. The highest BCUT2D eigenvalue weighted by molar-refractivity contribution is 5.79. The first-order valence-electron chi connectivity index (χ1n) is 6.42. The number of aryl methyl sites for hydroxylation is 1. The van der Waals surface area contributed by atoms with Crippen LogP contribution in [0.3, 0.4) is 0 Å². The van der Waals surface area contributed by atoms with Crippen molar-refractivity contribution in [3.8, 4) is 0 Å². The minimum absolute atomic E-state index is 0.336. The van der Waals surface area contributed by atoms with Crippen LogP contribution >= 0.6 is 0 Å². The van der Waals surface area contributed by atoms with E-state index < -0.39 is 0 Å². The monoisotopic (exact) mass is 242 g/mol. The Hall–Kier alpha value is -1.45. The third-order valence-corrected chi connectivity index (χ3v) is 3.67. The lowest BCUT2D eigenvalue weighted by molar-refractivity contribution is 0.0367. The Morgan fingerprint density at radius 3 is 2.94 bits per heavy atom. The summed E-state index contributed by atoms with van der Waals surface area (Å²) >= 11 is 0. The highest BCUT2D eigenvalue weighted by Gasteiger charge is 2.30. The normalized spacial score (nSPS) is 24.3. The van der Waals surface area contributed by atoms with Crippen molar-refractivity contribution in [3.05, 3.63) is 41.6 Å². The zero-order chi connectivity index (χ0) is 12.6. The number of fused-ring (bicyclic) bond motifs is 1. The molecule has 1 fully saturated rings. The molecule has 0 amide bonds. The predicted molar refractivity (Wildman–Crippen MR) is 72.4 cm³/mol. The number of benzene rings is 1. The summed E-state index contributed by atoms with van der Waals surface area (Å²) in [6.07, 6.45) is 2.01. The second kappa shape index (κ2) is 4.34. The van der Waals surface area contributed by atoms with E-state index in [1.54, 1.807) is 0 Å². The van der Waals surface area contributed by atoms with E-state index in [4.69, 9.17) is 10.5 Å². The molecular formula is C15H18N2O. The maximum atomic E-state index is 6.46. The summed E-state index contributed by atoms with van der Waals surface area (Å²) in [5.74, 6) is 0. The van der Waals surface area contributed by atoms with E-state index >= 15 is 0 Å². The fourth-order valence-corrected chi connectivity index (χ4v) is 2.58. The van der Waals surface area contributed by atoms with Crippen LogP contribution in [-0.4, -0.2) is 18.2 Å². The van der Waals surface area contributed by atoms with Crippen molar-refractivity contribution in [3.63, 3.8) is 0 Å². The van der Waals surface area contributed by atoms with E-state index in [0.29, 0.717) is 6.61 Å². The first-order chi connectivity index (χ1) is 8.67. The first-order valence-corrected chi connectivity index (χ1v) is 6.42. The SMILES string of the molecule is Cc1ccc2cc(C3(N)CCCOC3)ccc2n1. The molecule has 1 aromatic heterocycles. The van der Waals surface area contributed by atoms with Crippen molar-refractivity contribution in [2.75, 3.05) is 13.2 Å². The summed E-state index contributed by atoms with van der Waals surface area (Å²) in [4.78, 5) is 4.51. The lowest BCUT2D eigenvalue weighted by Gasteiger charge is -2.33. The maximum Gasteiger partial charge on any atom is 0.0705 e. The Kier molecular flexibility index (Phi) is 2.80. The molecule has 2 N–H and O–H groups in total. The molecule has 0 radical (unpaired) electrons. The molecule has 1 aromatic carbocycles. The molecular weight excluding hydrogens is 224 g/mol. The van der Waals surface area contributed by atoms with Gasteiger partial charge in [-0.15, -0.1) is 0 Å². The van der Waals surface area contributed by atoms with Crippen molar-refractivity contribution in [2.24, 2.45) is 5.73 Å². The minimum Gasteiger partial charge on any atom is -0.379 e. The number of nitrogens with zero attached hydrogens (tertiary/aromatic N) is 1. The van der Waals surface area contributed by atoms with Crippen LogP contribution in [-0.2, 0) is 10.3 Å². The van der Waals surface area contributed by atoms with E-state index in [1.165, 1.54) is 0 Å². The fourth-order valence-electron chi connectivity index (χ4n) is 2.58. The topological polar surface area (TPSA) is 48.1 Å². The third kappa shape index (κ3) is 2.00. The van der Waals surface area contributed by atoms with Gasteiger partial charge in [0, 0.05) is 17.7 Å². The molecule has 94 valence electrons. The van der Waals surface area contributed by atoms with Gasteiger partial charge in [-0.1, -0.05) is 12.1 Å². The molecule has 1 atom stereocenters. The van der Waals surface area contributed by atoms with Crippen molar-refractivity contribution in [1.82, 2.24) is 4.98 Å². The van der Waals surface area contributed by atoms with Crippen LogP contribution in [0.2, 0.25) is 0 Å². The number of aromatic nitrogens is 1. The standard InChI is InChI=1S/C15H18N2O/c1-11-3-4-12-9-13(5-6-14(12)17-11)15(16)7-2-8-18-10-15/h3-6,9H,2,7-8,10,16H2,1H3. The average molecular weight is 242 g/mol. The van der Waals surface area contributed by atoms with Crippen LogP contribution in [0.25, 0.3) is 10.9 Å². The Balaban J connectivity index is 2.05. The van der Waals surface area contributed by atoms with Gasteiger partial charge in [-0.05, 0) is 43.5 Å². The van der Waals surface area contributed by atoms with Crippen LogP contribution < -0.4 is 5.73 Å². The van der Waals surface area contributed by atoms with Crippen LogP contribution in [0.15, 0.2) is 30.3 Å². The van der Waals surface area contributed by atoms with Gasteiger partial charge in [-0.25, -0.2) is 0 Å². The first kappa shape index (κ1) is 11.6. The Labute approximate surface area is 107 Å². The van der Waals surface area contributed by atoms with Gasteiger partial charge in [-0.3, -0.25) is 4.98 Å². The molecule has 0 spiro atoms. The zero-order valence-electron chi connectivity index (χ0n) is 10.6. The molecule has 2 aromatic rings. The van der Waals surface area contributed by atoms with Crippen molar-refractivity contribution >= 4 is 10.9 Å². The van der Waals surface area contributed by atoms with E-state index in [2.05, 4.69) is 29.2 Å². The average Bonchev–Trinajstić information content (AvgIpc) is 2.39. The fraction of sp³-hybridized carbons (Fsp3) is 0.400. The van der Waals surface area contributed by atoms with Gasteiger partial charge >= 0.3 is 0 Å². The number of nitrogens with two attached hydrogens (primary N) is 1. The summed E-state index contributed by atoms with van der Waals surface area (Å²) in [6.45, 7) is 3.44. The highest BCUT2D eigenvalue weighted by atomic mass is 16.5. The van der Waals surface area contributed by atoms with Crippen LogP contribution in [0, 0.1) is 6.92 Å². The second-order valence-electron chi connectivity index (χ2n) is 5.17. The number of ether oxygens (including phenoxy) is 1. The molecule has 0 bridgehead atoms. The molecule has 0 aliphatic carbocycles. The molecule has 0 saturated carbocycles. The lowest BCUT2D eigenvalue weighted by atomic mass is 9.85. The van der Waals surface area contributed by atoms with Crippen LogP contribution in [0.1, 0.15) is 24.1 Å². The second-order valence-corrected chi connectivity index (χ2v) is 5.17. The van der Waals surface area contributed by atoms with Gasteiger partial charge in [-0.2, -0.15) is 0 Å². The minimum atomic E-state index is -0.336. The van der Waals surface area contributed by atoms with Crippen LogP contribution in [0.4, 0.5) is 0 Å². The quantitative estimate of drug-likeness (QED) is 0.836. The predicted octanol–water partition coefficient (Wildman–Crippen LogP) is 2.51. The van der Waals surface area contributed by atoms with Gasteiger partial charge in [0.05, 0.1) is 17.7 Å². The Bertz CT molecular complexity index is 574. The van der Waals surface area contributed by atoms with Crippen molar-refractivity contribution < 1.29 is 4.74 Å². The molecule has 2 heterocycles. The zero-order valence-corrected chi connectivity index (χ0v) is 10.6. The smallest absolute Gasteiger partial charge is 0.0705 e. The summed E-state index contributed by atoms with van der Waals surface area (Å²) in [6, 6.07) is 10.4. The molecule has 1 saturated heterocycles. The summed E-state index contributed by atoms with van der Waals surface area (Å²) < 4.78 is 5.53. The Morgan fingerprint density at radius 2 is 2.17 bits per heavy atom. The van der Waals surface area contributed by atoms with Crippen molar-refractivity contribution in [1.29, 1.82) is 0 Å².